The number of nitrogens with zero attached hydrogens (tertiary/aromatic N) is 1. The van der Waals surface area contributed by atoms with Crippen LogP contribution in [0.25, 0.3) is 0 Å². The molecule has 2 N–H and O–H groups in total. The van der Waals surface area contributed by atoms with Gasteiger partial charge in [0.05, 0.1) is 11.5 Å². The molecule has 0 radical (unpaired) electrons. The molecule has 0 aliphatic heterocycles. The molecule has 0 heterocycles. The van der Waals surface area contributed by atoms with Crippen LogP contribution < -0.4 is 5.73 Å². The van der Waals surface area contributed by atoms with Gasteiger partial charge in [0.1, 0.15) is 5.25 Å². The van der Waals surface area contributed by atoms with Gasteiger partial charge in [-0.15, -0.1) is 0 Å². The molecule has 0 saturated heterocycles. The summed E-state index contributed by atoms with van der Waals surface area (Å²) in [5.74, 6) is -0.500. The summed E-state index contributed by atoms with van der Waals surface area (Å²) in [7, 11) is -1.90. The Hall–Kier alpha value is -0.690. The van der Waals surface area contributed by atoms with Gasteiger partial charge >= 0.3 is 0 Å². The van der Waals surface area contributed by atoms with Crippen molar-refractivity contribution >= 4 is 33.0 Å². The van der Waals surface area contributed by atoms with Crippen molar-refractivity contribution in [3.05, 3.63) is 0 Å². The summed E-state index contributed by atoms with van der Waals surface area (Å²) in [5.41, 5.74) is 5.23. The number of hydrogen-bond donors (Lipinski definition) is 1. The number of hydrogen-bond acceptors (Lipinski definition) is 4. The van der Waals surface area contributed by atoms with Crippen LogP contribution in [0.4, 0.5) is 0 Å². The van der Waals surface area contributed by atoms with Gasteiger partial charge in [0.15, 0.2) is 9.84 Å². The Morgan fingerprint density at radius 1 is 1.57 bits per heavy atom. The van der Waals surface area contributed by atoms with E-state index in [-0.39, 0.29) is 11.5 Å². The third-order valence-electron chi connectivity index (χ3n) is 1.76. The van der Waals surface area contributed by atoms with Crippen LogP contribution in [0.15, 0.2) is 0 Å². The molecule has 0 rings (SSSR count). The number of rotatable bonds is 4. The predicted octanol–water partition coefficient (Wildman–Crippen LogP) is -0.836. The fourth-order valence-electron chi connectivity index (χ4n) is 0.805. The van der Waals surface area contributed by atoms with Crippen LogP contribution in [0, 0.1) is 0 Å². The van der Waals surface area contributed by atoms with Crippen molar-refractivity contribution in [2.75, 3.05) is 19.8 Å². The van der Waals surface area contributed by atoms with E-state index in [1.165, 1.54) is 18.9 Å². The molecule has 0 aromatic rings. The van der Waals surface area contributed by atoms with E-state index in [4.69, 9.17) is 5.73 Å². The molecule has 1 atom stereocenters. The van der Waals surface area contributed by atoms with Gasteiger partial charge in [-0.3, -0.25) is 4.79 Å². The lowest BCUT2D eigenvalue weighted by molar-refractivity contribution is -0.128. The van der Waals surface area contributed by atoms with E-state index in [1.807, 2.05) is 0 Å². The lowest BCUT2D eigenvalue weighted by Crippen LogP contribution is -2.42. The number of likely N-dealkylation sites (N-methyl/N-ethyl adjacent to an activating group) is 1. The quantitative estimate of drug-likeness (QED) is 0.646. The summed E-state index contributed by atoms with van der Waals surface area (Å²) in [6.45, 7) is 1.43. The van der Waals surface area contributed by atoms with Crippen molar-refractivity contribution < 1.29 is 13.2 Å². The Kier molecular flexibility index (Phi) is 4.47. The average molecular weight is 238 g/mol. The number of thiocarbonyl (C=S) groups is 1. The van der Waals surface area contributed by atoms with Crippen LogP contribution in [0.1, 0.15) is 6.92 Å². The number of sulfone groups is 1. The van der Waals surface area contributed by atoms with E-state index in [9.17, 15) is 13.2 Å². The Bertz CT molecular complexity index is 337. The molecule has 0 bridgehead atoms. The zero-order valence-electron chi connectivity index (χ0n) is 8.35. The lowest BCUT2D eigenvalue weighted by Gasteiger charge is -2.19. The summed E-state index contributed by atoms with van der Waals surface area (Å²) >= 11 is 4.61. The highest BCUT2D eigenvalue weighted by Crippen LogP contribution is 2.02. The number of nitrogens with two attached hydrogens (primary N) is 1. The molecule has 0 fully saturated rings. The summed E-state index contributed by atoms with van der Waals surface area (Å²) in [5, 5.41) is -1.05. The molecule has 0 saturated carbocycles. The zero-order chi connectivity index (χ0) is 11.5. The molecule has 1 unspecified atom stereocenters. The van der Waals surface area contributed by atoms with Crippen LogP contribution in [0.3, 0.4) is 0 Å². The Labute approximate surface area is 89.2 Å². The third kappa shape index (κ3) is 4.01. The Morgan fingerprint density at radius 3 is 2.29 bits per heavy atom. The van der Waals surface area contributed by atoms with Crippen molar-refractivity contribution in [3.8, 4) is 0 Å². The molecular weight excluding hydrogens is 224 g/mol. The number of carbonyl (C=O) groups is 1. The van der Waals surface area contributed by atoms with Gasteiger partial charge in [0, 0.05) is 13.3 Å². The van der Waals surface area contributed by atoms with Crippen LogP contribution in [0.5, 0.6) is 0 Å². The monoisotopic (exact) mass is 238 g/mol. The summed E-state index contributed by atoms with van der Waals surface area (Å²) < 4.78 is 22.1. The second-order valence-corrected chi connectivity index (χ2v) is 6.02. The summed E-state index contributed by atoms with van der Waals surface area (Å²) in [4.78, 5) is 12.8. The predicted molar refractivity (Wildman–Crippen MR) is 58.7 cm³/mol. The van der Waals surface area contributed by atoms with Gasteiger partial charge in [0.25, 0.3) is 0 Å². The highest BCUT2D eigenvalue weighted by Gasteiger charge is 2.26. The Balaban J connectivity index is 4.56. The molecule has 1 amide bonds. The maximum atomic E-state index is 11.5. The number of carbonyl (C=O) groups excluding carboxylic acids is 1. The smallest absolute Gasteiger partial charge is 0.240 e. The molecule has 0 aromatic carbocycles. The van der Waals surface area contributed by atoms with Crippen LogP contribution in [0.2, 0.25) is 0 Å². The standard InChI is InChI=1S/C7H14N2O3S2/c1-5(14(3,11)12)7(10)9(2)4-6(8)13/h5H,4H2,1-3H3,(H2,8,13). The maximum absolute atomic E-state index is 11.5. The minimum Gasteiger partial charge on any atom is -0.392 e. The van der Waals surface area contributed by atoms with Crippen molar-refractivity contribution in [2.45, 2.75) is 12.2 Å². The SMILES string of the molecule is CC(C(=O)N(C)CC(N)=S)S(C)(=O)=O. The van der Waals surface area contributed by atoms with E-state index in [2.05, 4.69) is 12.2 Å². The van der Waals surface area contributed by atoms with E-state index in [0.717, 1.165) is 6.26 Å². The molecule has 0 aliphatic rings. The minimum atomic E-state index is -3.36. The largest absolute Gasteiger partial charge is 0.392 e. The van der Waals surface area contributed by atoms with E-state index < -0.39 is 21.0 Å². The minimum absolute atomic E-state index is 0.0913. The molecule has 0 aliphatic carbocycles. The molecule has 0 spiro atoms. The van der Waals surface area contributed by atoms with Crippen molar-refractivity contribution in [1.82, 2.24) is 4.90 Å². The van der Waals surface area contributed by atoms with Crippen LogP contribution in [-0.2, 0) is 14.6 Å². The topological polar surface area (TPSA) is 80.5 Å². The first-order valence-corrected chi connectivity index (χ1v) is 6.24. The fraction of sp³-hybridized carbons (Fsp3) is 0.714. The molecular formula is C7H14N2O3S2. The van der Waals surface area contributed by atoms with Gasteiger partial charge in [-0.25, -0.2) is 8.42 Å². The van der Waals surface area contributed by atoms with E-state index in [1.54, 1.807) is 0 Å². The first-order valence-electron chi connectivity index (χ1n) is 3.88. The van der Waals surface area contributed by atoms with Gasteiger partial charge < -0.3 is 10.6 Å². The van der Waals surface area contributed by atoms with Crippen molar-refractivity contribution in [3.63, 3.8) is 0 Å². The normalized spacial score (nSPS) is 13.4. The summed E-state index contributed by atoms with van der Waals surface area (Å²) in [6, 6.07) is 0. The van der Waals surface area contributed by atoms with E-state index in [0.29, 0.717) is 0 Å². The second kappa shape index (κ2) is 4.70. The van der Waals surface area contributed by atoms with Crippen LogP contribution >= 0.6 is 12.2 Å². The molecule has 5 nitrogen and oxygen atoms in total. The van der Waals surface area contributed by atoms with E-state index >= 15 is 0 Å². The van der Waals surface area contributed by atoms with Gasteiger partial charge in [-0.1, -0.05) is 12.2 Å². The van der Waals surface area contributed by atoms with Gasteiger partial charge in [-0.05, 0) is 6.92 Å². The highest BCUT2D eigenvalue weighted by molar-refractivity contribution is 7.92. The molecule has 14 heavy (non-hydrogen) atoms. The lowest BCUT2D eigenvalue weighted by atomic mass is 10.4. The van der Waals surface area contributed by atoms with Crippen molar-refractivity contribution in [2.24, 2.45) is 5.73 Å². The van der Waals surface area contributed by atoms with Gasteiger partial charge in [-0.2, -0.15) is 0 Å². The summed E-state index contributed by atoms with van der Waals surface area (Å²) in [6.07, 6.45) is 1.02. The maximum Gasteiger partial charge on any atom is 0.240 e. The average Bonchev–Trinajstić information content (AvgIpc) is 1.98. The first kappa shape index (κ1) is 13.3. The highest BCUT2D eigenvalue weighted by atomic mass is 32.2. The first-order chi connectivity index (χ1) is 6.16. The second-order valence-electron chi connectivity index (χ2n) is 3.13. The molecule has 82 valence electrons. The third-order valence-corrected chi connectivity index (χ3v) is 3.37. The molecule has 7 heteroatoms. The van der Waals surface area contributed by atoms with Crippen molar-refractivity contribution in [1.29, 1.82) is 0 Å². The van der Waals surface area contributed by atoms with Crippen LogP contribution in [-0.4, -0.2) is 49.3 Å². The zero-order valence-corrected chi connectivity index (χ0v) is 9.98. The Morgan fingerprint density at radius 2 is 2.00 bits per heavy atom. The van der Waals surface area contributed by atoms with Gasteiger partial charge in [0.2, 0.25) is 5.91 Å². The fourth-order valence-corrected chi connectivity index (χ4v) is 1.55. The number of amides is 1. The molecule has 0 aromatic heterocycles.